The molecule has 1 aromatic rings. The average Bonchev–Trinajstić information content (AvgIpc) is 2.60. The Morgan fingerprint density at radius 3 is 2.19 bits per heavy atom. The summed E-state index contributed by atoms with van der Waals surface area (Å²) in [6.45, 7) is -0.521. The van der Waals surface area contributed by atoms with Gasteiger partial charge in [0, 0.05) is 30.0 Å². The highest BCUT2D eigenvalue weighted by molar-refractivity contribution is 6.30. The maximum atomic E-state index is 13.4. The first kappa shape index (κ1) is 23.1. The highest BCUT2D eigenvalue weighted by atomic mass is 35.5. The second kappa shape index (κ2) is 8.35. The van der Waals surface area contributed by atoms with E-state index in [0.29, 0.717) is 19.3 Å². The Kier molecular flexibility index (Phi) is 6.01. The third-order valence-corrected chi connectivity index (χ3v) is 6.21. The first-order chi connectivity index (χ1) is 14.9. The number of carbonyl (C=O) groups excluding carboxylic acids is 2. The molecular weight excluding hydrogens is 460 g/mol. The number of rotatable bonds is 9. The standard InChI is InChI=1S/C20H21ClF4N2O5/c21-14-2-1-11(5-15(14)22)30-6-16(28)26-18-8-19(9-18,10-18)27-17(29)7-31-12-3-13(4-12)32-20(23,24)25/h1-2,5,12-13H,3-4,6-10H2,(H,26,28)(H,27,29)/t12-,13-,18?,19?. The predicted octanol–water partition coefficient (Wildman–Crippen LogP) is 2.85. The lowest BCUT2D eigenvalue weighted by Gasteiger charge is -2.70. The number of nitrogens with one attached hydrogen (secondary N) is 2. The lowest BCUT2D eigenvalue weighted by atomic mass is 9.44. The van der Waals surface area contributed by atoms with Crippen molar-refractivity contribution < 1.29 is 41.4 Å². The summed E-state index contributed by atoms with van der Waals surface area (Å²) in [6, 6.07) is 3.89. The summed E-state index contributed by atoms with van der Waals surface area (Å²) in [5, 5.41) is 5.70. The van der Waals surface area contributed by atoms with Gasteiger partial charge in [0.2, 0.25) is 5.91 Å². The Bertz CT molecular complexity index is 887. The molecular formula is C20H21ClF4N2O5. The van der Waals surface area contributed by atoms with Gasteiger partial charge in [0.1, 0.15) is 18.2 Å². The van der Waals surface area contributed by atoms with Crippen molar-refractivity contribution >= 4 is 23.4 Å². The quantitative estimate of drug-likeness (QED) is 0.531. The van der Waals surface area contributed by atoms with E-state index in [2.05, 4.69) is 15.4 Å². The summed E-state index contributed by atoms with van der Waals surface area (Å²) in [5.41, 5.74) is -0.786. The lowest BCUT2D eigenvalue weighted by molar-refractivity contribution is -0.357. The van der Waals surface area contributed by atoms with E-state index < -0.39 is 35.5 Å². The van der Waals surface area contributed by atoms with E-state index in [1.165, 1.54) is 12.1 Å². The van der Waals surface area contributed by atoms with Gasteiger partial charge in [-0.1, -0.05) is 11.6 Å². The van der Waals surface area contributed by atoms with Gasteiger partial charge in [-0.05, 0) is 31.4 Å². The van der Waals surface area contributed by atoms with Crippen LogP contribution in [0.4, 0.5) is 17.6 Å². The van der Waals surface area contributed by atoms with E-state index in [9.17, 15) is 27.2 Å². The van der Waals surface area contributed by atoms with E-state index in [0.717, 1.165) is 6.07 Å². The van der Waals surface area contributed by atoms with Crippen molar-refractivity contribution in [2.45, 2.75) is 61.8 Å². The van der Waals surface area contributed by atoms with E-state index in [1.54, 1.807) is 0 Å². The molecule has 12 heteroatoms. The van der Waals surface area contributed by atoms with Crippen LogP contribution in [0.25, 0.3) is 0 Å². The molecule has 2 amide bonds. The topological polar surface area (TPSA) is 85.9 Å². The fourth-order valence-corrected chi connectivity index (χ4v) is 4.68. The molecule has 0 heterocycles. The number of alkyl halides is 3. The molecule has 1 aromatic carbocycles. The lowest BCUT2D eigenvalue weighted by Crippen LogP contribution is -2.84. The van der Waals surface area contributed by atoms with Crippen LogP contribution < -0.4 is 15.4 Å². The van der Waals surface area contributed by atoms with Crippen LogP contribution in [0.15, 0.2) is 18.2 Å². The Labute approximate surface area is 185 Å². The van der Waals surface area contributed by atoms with Gasteiger partial charge in [0.25, 0.3) is 5.91 Å². The molecule has 2 N–H and O–H groups in total. The Hall–Kier alpha value is -2.11. The van der Waals surface area contributed by atoms with Crippen molar-refractivity contribution in [2.24, 2.45) is 0 Å². The number of amides is 2. The second-order valence-electron chi connectivity index (χ2n) is 8.64. The molecule has 0 radical (unpaired) electrons. The van der Waals surface area contributed by atoms with Crippen LogP contribution in [0.3, 0.4) is 0 Å². The van der Waals surface area contributed by atoms with E-state index in [-0.39, 0.29) is 48.6 Å². The van der Waals surface area contributed by atoms with Crippen molar-refractivity contribution in [3.63, 3.8) is 0 Å². The van der Waals surface area contributed by atoms with Crippen molar-refractivity contribution in [3.8, 4) is 5.75 Å². The van der Waals surface area contributed by atoms with Crippen molar-refractivity contribution in [1.29, 1.82) is 0 Å². The van der Waals surface area contributed by atoms with Crippen LogP contribution in [0.2, 0.25) is 5.02 Å². The zero-order valence-electron chi connectivity index (χ0n) is 16.8. The Balaban J connectivity index is 1.10. The molecule has 32 heavy (non-hydrogen) atoms. The second-order valence-corrected chi connectivity index (χ2v) is 9.05. The molecule has 4 saturated carbocycles. The van der Waals surface area contributed by atoms with Crippen LogP contribution in [0.1, 0.15) is 32.1 Å². The van der Waals surface area contributed by atoms with E-state index >= 15 is 0 Å². The normalized spacial score (nSPS) is 30.4. The maximum Gasteiger partial charge on any atom is 0.522 e. The number of hydrogen-bond acceptors (Lipinski definition) is 5. The Morgan fingerprint density at radius 2 is 1.62 bits per heavy atom. The Morgan fingerprint density at radius 1 is 1.03 bits per heavy atom. The summed E-state index contributed by atoms with van der Waals surface area (Å²) in [4.78, 5) is 24.2. The van der Waals surface area contributed by atoms with Gasteiger partial charge in [0.05, 0.1) is 17.2 Å². The first-order valence-corrected chi connectivity index (χ1v) is 10.4. The number of halogens is 5. The molecule has 0 unspecified atom stereocenters. The molecule has 0 aliphatic heterocycles. The first-order valence-electron chi connectivity index (χ1n) is 10.0. The number of carbonyl (C=O) groups is 2. The smallest absolute Gasteiger partial charge is 0.484 e. The van der Waals surface area contributed by atoms with Gasteiger partial charge in [-0.15, -0.1) is 13.2 Å². The molecule has 4 aliphatic rings. The van der Waals surface area contributed by atoms with Crippen LogP contribution in [-0.4, -0.2) is 54.7 Å². The van der Waals surface area contributed by atoms with Gasteiger partial charge >= 0.3 is 6.36 Å². The van der Waals surface area contributed by atoms with E-state index in [4.69, 9.17) is 21.1 Å². The fraction of sp³-hybridized carbons (Fsp3) is 0.600. The minimum Gasteiger partial charge on any atom is -0.484 e. The largest absolute Gasteiger partial charge is 0.522 e. The molecule has 2 bridgehead atoms. The average molecular weight is 481 g/mol. The zero-order chi connectivity index (χ0) is 23.1. The third-order valence-electron chi connectivity index (χ3n) is 5.90. The van der Waals surface area contributed by atoms with Gasteiger partial charge in [-0.25, -0.2) is 4.39 Å². The molecule has 4 aliphatic carbocycles. The zero-order valence-corrected chi connectivity index (χ0v) is 17.5. The number of benzene rings is 1. The third kappa shape index (κ3) is 5.26. The summed E-state index contributed by atoms with van der Waals surface area (Å²) in [6.07, 6.45) is -4.13. The highest BCUT2D eigenvalue weighted by Gasteiger charge is 2.69. The summed E-state index contributed by atoms with van der Waals surface area (Å²) in [7, 11) is 0. The van der Waals surface area contributed by atoms with Crippen LogP contribution in [-0.2, 0) is 19.1 Å². The van der Waals surface area contributed by atoms with Gasteiger partial charge in [-0.2, -0.15) is 0 Å². The van der Waals surface area contributed by atoms with Crippen molar-refractivity contribution in [3.05, 3.63) is 29.0 Å². The van der Waals surface area contributed by atoms with Crippen LogP contribution in [0, 0.1) is 5.82 Å². The van der Waals surface area contributed by atoms with Crippen LogP contribution >= 0.6 is 11.6 Å². The maximum absolute atomic E-state index is 13.4. The monoisotopic (exact) mass is 480 g/mol. The molecule has 0 spiro atoms. The van der Waals surface area contributed by atoms with Crippen molar-refractivity contribution in [1.82, 2.24) is 10.6 Å². The molecule has 7 nitrogen and oxygen atoms in total. The molecule has 4 fully saturated rings. The van der Waals surface area contributed by atoms with Gasteiger partial charge in [0.15, 0.2) is 6.61 Å². The molecule has 0 atom stereocenters. The number of hydrogen-bond donors (Lipinski definition) is 2. The minimum atomic E-state index is -4.66. The predicted molar refractivity (Wildman–Crippen MR) is 102 cm³/mol. The van der Waals surface area contributed by atoms with Crippen LogP contribution in [0.5, 0.6) is 5.75 Å². The van der Waals surface area contributed by atoms with E-state index in [1.807, 2.05) is 0 Å². The van der Waals surface area contributed by atoms with Gasteiger partial charge in [-0.3, -0.25) is 14.3 Å². The molecule has 176 valence electrons. The molecule has 0 aromatic heterocycles. The van der Waals surface area contributed by atoms with Crippen molar-refractivity contribution in [2.75, 3.05) is 13.2 Å². The summed E-state index contributed by atoms with van der Waals surface area (Å²) >= 11 is 5.59. The minimum absolute atomic E-state index is 0.0410. The highest BCUT2D eigenvalue weighted by Crippen LogP contribution is 2.60. The summed E-state index contributed by atoms with van der Waals surface area (Å²) < 4.78 is 64.1. The number of ether oxygens (including phenoxy) is 3. The molecule has 0 saturated heterocycles. The SMILES string of the molecule is O=C(COc1ccc(Cl)c(F)c1)NC12CC(NC(=O)CO[C@H]3C[C@H](OC(F)(F)F)C3)(C1)C2. The molecule has 5 rings (SSSR count). The van der Waals surface area contributed by atoms with Gasteiger partial charge < -0.3 is 20.1 Å². The fourth-order valence-electron chi connectivity index (χ4n) is 4.56. The summed E-state index contributed by atoms with van der Waals surface area (Å²) in [5.74, 6) is -1.16.